The van der Waals surface area contributed by atoms with E-state index in [2.05, 4.69) is 4.99 Å². The third-order valence-corrected chi connectivity index (χ3v) is 7.04. The van der Waals surface area contributed by atoms with Crippen molar-refractivity contribution in [1.29, 1.82) is 0 Å². The number of rotatable bonds is 6. The quantitative estimate of drug-likeness (QED) is 0.145. The molecule has 9 heteroatoms. The SMILES string of the molecule is Oc1cccc(CN(Cc2ccc(Cl)c(Cl)c2)C(=Nc2cccc(C(F)(F)F)c2)Sc2ccccc2)c1. The van der Waals surface area contributed by atoms with Crippen LogP contribution < -0.4 is 0 Å². The summed E-state index contributed by atoms with van der Waals surface area (Å²) < 4.78 is 40.1. The van der Waals surface area contributed by atoms with E-state index in [1.54, 1.807) is 30.3 Å². The second kappa shape index (κ2) is 11.9. The van der Waals surface area contributed by atoms with Crippen LogP contribution in [0.25, 0.3) is 0 Å². The monoisotopic (exact) mass is 560 g/mol. The predicted octanol–water partition coefficient (Wildman–Crippen LogP) is 9.20. The third-order valence-electron chi connectivity index (χ3n) is 5.26. The lowest BCUT2D eigenvalue weighted by molar-refractivity contribution is -0.137. The van der Waals surface area contributed by atoms with Crippen LogP contribution in [0.3, 0.4) is 0 Å². The van der Waals surface area contributed by atoms with Crippen LogP contribution >= 0.6 is 35.0 Å². The average molecular weight is 561 g/mol. The number of aromatic hydroxyl groups is 1. The maximum atomic E-state index is 13.4. The van der Waals surface area contributed by atoms with E-state index in [4.69, 9.17) is 23.2 Å². The molecule has 0 saturated heterocycles. The van der Waals surface area contributed by atoms with Gasteiger partial charge in [0.05, 0.1) is 21.3 Å². The molecule has 4 aromatic rings. The van der Waals surface area contributed by atoms with Crippen molar-refractivity contribution in [2.75, 3.05) is 0 Å². The molecular weight excluding hydrogens is 540 g/mol. The zero-order valence-corrected chi connectivity index (χ0v) is 21.6. The molecule has 37 heavy (non-hydrogen) atoms. The van der Waals surface area contributed by atoms with E-state index in [1.807, 2.05) is 47.4 Å². The molecule has 0 fully saturated rings. The molecule has 0 amide bonds. The first kappa shape index (κ1) is 26.9. The summed E-state index contributed by atoms with van der Waals surface area (Å²) in [6.45, 7) is 0.663. The highest BCUT2D eigenvalue weighted by atomic mass is 35.5. The van der Waals surface area contributed by atoms with Crippen molar-refractivity contribution in [3.8, 4) is 5.75 Å². The molecule has 0 spiro atoms. The number of halogens is 5. The van der Waals surface area contributed by atoms with Crippen LogP contribution in [0.15, 0.2) is 107 Å². The molecule has 190 valence electrons. The van der Waals surface area contributed by atoms with Crippen molar-refractivity contribution in [3.05, 3.63) is 124 Å². The molecular formula is C28H21Cl2F3N2OS. The van der Waals surface area contributed by atoms with E-state index < -0.39 is 11.7 Å². The highest BCUT2D eigenvalue weighted by molar-refractivity contribution is 8.13. The van der Waals surface area contributed by atoms with Gasteiger partial charge in [-0.2, -0.15) is 13.2 Å². The zero-order valence-electron chi connectivity index (χ0n) is 19.3. The zero-order chi connectivity index (χ0) is 26.4. The minimum absolute atomic E-state index is 0.110. The van der Waals surface area contributed by atoms with E-state index in [-0.39, 0.29) is 11.4 Å². The van der Waals surface area contributed by atoms with Gasteiger partial charge in [0.1, 0.15) is 5.75 Å². The van der Waals surface area contributed by atoms with Crippen LogP contribution in [0.5, 0.6) is 5.75 Å². The van der Waals surface area contributed by atoms with Gasteiger partial charge in [-0.3, -0.25) is 0 Å². The maximum Gasteiger partial charge on any atom is 0.416 e. The summed E-state index contributed by atoms with van der Waals surface area (Å²) in [7, 11) is 0. The number of nitrogens with zero attached hydrogens (tertiary/aromatic N) is 2. The van der Waals surface area contributed by atoms with E-state index in [0.29, 0.717) is 28.3 Å². The van der Waals surface area contributed by atoms with Gasteiger partial charge in [0.15, 0.2) is 5.17 Å². The van der Waals surface area contributed by atoms with Crippen LogP contribution in [-0.2, 0) is 19.3 Å². The number of alkyl halides is 3. The number of phenols is 1. The Morgan fingerprint density at radius 2 is 1.49 bits per heavy atom. The Labute approximate surface area is 227 Å². The molecule has 0 aliphatic rings. The second-order valence-corrected chi connectivity index (χ2v) is 9.99. The van der Waals surface area contributed by atoms with E-state index in [0.717, 1.165) is 28.2 Å². The molecule has 0 unspecified atom stereocenters. The summed E-state index contributed by atoms with van der Waals surface area (Å²) in [6.07, 6.45) is -4.49. The molecule has 0 aliphatic carbocycles. The molecule has 0 aromatic heterocycles. The fraction of sp³-hybridized carbons (Fsp3) is 0.107. The van der Waals surface area contributed by atoms with Crippen molar-refractivity contribution in [2.24, 2.45) is 4.99 Å². The first-order valence-electron chi connectivity index (χ1n) is 11.1. The number of amidine groups is 1. The van der Waals surface area contributed by atoms with Gasteiger partial charge in [0, 0.05) is 18.0 Å². The summed E-state index contributed by atoms with van der Waals surface area (Å²) in [5.41, 5.74) is 1.02. The fourth-order valence-electron chi connectivity index (χ4n) is 3.54. The van der Waals surface area contributed by atoms with E-state index >= 15 is 0 Å². The highest BCUT2D eigenvalue weighted by Gasteiger charge is 2.30. The van der Waals surface area contributed by atoms with Crippen LogP contribution in [0.4, 0.5) is 18.9 Å². The Morgan fingerprint density at radius 1 is 0.784 bits per heavy atom. The molecule has 4 rings (SSSR count). The van der Waals surface area contributed by atoms with Crippen molar-refractivity contribution < 1.29 is 18.3 Å². The van der Waals surface area contributed by atoms with Gasteiger partial charge in [-0.15, -0.1) is 0 Å². The number of thioether (sulfide) groups is 1. The number of hydrogen-bond acceptors (Lipinski definition) is 3. The Hall–Kier alpha value is -3.13. The molecule has 4 aromatic carbocycles. The minimum atomic E-state index is -4.49. The molecule has 3 nitrogen and oxygen atoms in total. The van der Waals surface area contributed by atoms with Crippen molar-refractivity contribution >= 4 is 45.8 Å². The first-order valence-corrected chi connectivity index (χ1v) is 12.7. The molecule has 0 atom stereocenters. The normalized spacial score (nSPS) is 12.0. The number of phenolic OH excluding ortho intramolecular Hbond substituents is 1. The van der Waals surface area contributed by atoms with Gasteiger partial charge < -0.3 is 10.0 Å². The molecule has 0 aliphatic heterocycles. The summed E-state index contributed by atoms with van der Waals surface area (Å²) in [5.74, 6) is 0.110. The molecule has 0 radical (unpaired) electrons. The van der Waals surface area contributed by atoms with Crippen molar-refractivity contribution in [3.63, 3.8) is 0 Å². The van der Waals surface area contributed by atoms with Crippen molar-refractivity contribution in [2.45, 2.75) is 24.2 Å². The summed E-state index contributed by atoms with van der Waals surface area (Å²) >= 11 is 13.7. The van der Waals surface area contributed by atoms with Gasteiger partial charge >= 0.3 is 6.18 Å². The second-order valence-electron chi connectivity index (χ2n) is 8.13. The van der Waals surface area contributed by atoms with Crippen LogP contribution in [0, 0.1) is 0 Å². The summed E-state index contributed by atoms with van der Waals surface area (Å²) in [4.78, 5) is 7.45. The minimum Gasteiger partial charge on any atom is -0.508 e. The fourth-order valence-corrected chi connectivity index (χ4v) is 4.77. The predicted molar refractivity (Wildman–Crippen MR) is 145 cm³/mol. The molecule has 1 N–H and O–H groups in total. The first-order chi connectivity index (χ1) is 17.7. The van der Waals surface area contributed by atoms with Gasteiger partial charge in [0.25, 0.3) is 0 Å². The number of hydrogen-bond donors (Lipinski definition) is 1. The van der Waals surface area contributed by atoms with Gasteiger partial charge in [-0.1, -0.05) is 77.4 Å². The van der Waals surface area contributed by atoms with Crippen LogP contribution in [-0.4, -0.2) is 15.2 Å². The molecule has 0 heterocycles. The average Bonchev–Trinajstić information content (AvgIpc) is 2.86. The standard InChI is InChI=1S/C28H21Cl2F3N2OS/c29-25-13-12-20(15-26(25)30)18-35(17-19-6-4-9-23(36)14-19)27(37-24-10-2-1-3-11-24)34-22-8-5-7-21(16-22)28(31,32)33/h1-16,36H,17-18H2. The van der Waals surface area contributed by atoms with Gasteiger partial charge in [-0.25, -0.2) is 4.99 Å². The van der Waals surface area contributed by atoms with Crippen LogP contribution in [0.2, 0.25) is 10.0 Å². The number of benzene rings is 4. The lowest BCUT2D eigenvalue weighted by atomic mass is 10.1. The van der Waals surface area contributed by atoms with E-state index in [9.17, 15) is 18.3 Å². The highest BCUT2D eigenvalue weighted by Crippen LogP contribution is 2.33. The Balaban J connectivity index is 1.80. The van der Waals surface area contributed by atoms with Gasteiger partial charge in [-0.05, 0) is 65.7 Å². The topological polar surface area (TPSA) is 35.8 Å². The van der Waals surface area contributed by atoms with Crippen molar-refractivity contribution in [1.82, 2.24) is 4.90 Å². The maximum absolute atomic E-state index is 13.4. The summed E-state index contributed by atoms with van der Waals surface area (Å²) in [5, 5.41) is 11.3. The molecule has 0 saturated carbocycles. The lowest BCUT2D eigenvalue weighted by Crippen LogP contribution is -2.28. The Bertz CT molecular complexity index is 1400. The lowest BCUT2D eigenvalue weighted by Gasteiger charge is -2.26. The third kappa shape index (κ3) is 7.68. The number of aliphatic imine (C=N–C) groups is 1. The van der Waals surface area contributed by atoms with E-state index in [1.165, 1.54) is 23.9 Å². The van der Waals surface area contributed by atoms with Gasteiger partial charge in [0.2, 0.25) is 0 Å². The van der Waals surface area contributed by atoms with Crippen LogP contribution in [0.1, 0.15) is 16.7 Å². The summed E-state index contributed by atoms with van der Waals surface area (Å²) in [6, 6.07) is 26.4. The Kier molecular flexibility index (Phi) is 8.69. The smallest absolute Gasteiger partial charge is 0.416 e. The Morgan fingerprint density at radius 3 is 2.16 bits per heavy atom. The molecule has 0 bridgehead atoms. The largest absolute Gasteiger partial charge is 0.508 e.